The van der Waals surface area contributed by atoms with Crippen LogP contribution in [0.2, 0.25) is 0 Å². The molecule has 4 unspecified atom stereocenters. The number of unbranched alkanes of at least 4 members (excludes halogenated alkanes) is 1. The van der Waals surface area contributed by atoms with Crippen molar-refractivity contribution in [3.63, 3.8) is 0 Å². The highest BCUT2D eigenvalue weighted by molar-refractivity contribution is 14.1. The highest BCUT2D eigenvalue weighted by Crippen LogP contribution is 2.48. The van der Waals surface area contributed by atoms with Crippen LogP contribution < -0.4 is 5.32 Å². The fourth-order valence-corrected chi connectivity index (χ4v) is 4.35. The van der Waals surface area contributed by atoms with E-state index in [0.717, 1.165) is 51.5 Å². The fraction of sp³-hybridized carbons (Fsp3) is 0.769. The van der Waals surface area contributed by atoms with E-state index in [1.54, 1.807) is 23.0 Å². The third-order valence-electron chi connectivity index (χ3n) is 5.95. The van der Waals surface area contributed by atoms with Crippen LogP contribution in [0.3, 0.4) is 0 Å². The highest BCUT2D eigenvalue weighted by Gasteiger charge is 2.45. The molecule has 2 aliphatic rings. The number of allylic oxidation sites excluding steroid dienone is 4. The van der Waals surface area contributed by atoms with Gasteiger partial charge in [0.25, 0.3) is 0 Å². The van der Waals surface area contributed by atoms with Gasteiger partial charge in [-0.3, -0.25) is 9.59 Å². The Bertz CT molecular complexity index is 561. The maximum Gasteiger partial charge on any atom is 0.305 e. The Morgan fingerprint density at radius 2 is 1.67 bits per heavy atom. The number of carbonyl (C=O) groups excluding carboxylic acids is 2. The Kier molecular flexibility index (Phi) is 21.0. The molecule has 1 saturated carbocycles. The molecule has 1 fully saturated rings. The van der Waals surface area contributed by atoms with E-state index in [1.165, 1.54) is 12.0 Å². The first-order chi connectivity index (χ1) is 16.0. The van der Waals surface area contributed by atoms with Crippen molar-refractivity contribution in [2.24, 2.45) is 23.7 Å². The van der Waals surface area contributed by atoms with E-state index >= 15 is 0 Å². The Labute approximate surface area is 215 Å². The van der Waals surface area contributed by atoms with Crippen molar-refractivity contribution in [2.45, 2.75) is 86.0 Å². The number of ether oxygens (including phenoxy) is 1. The summed E-state index contributed by atoms with van der Waals surface area (Å²) >= 11 is 1.73. The van der Waals surface area contributed by atoms with Crippen LogP contribution in [-0.2, 0) is 22.4 Å². The number of halogens is 1. The Morgan fingerprint density at radius 3 is 2.18 bits per heavy atom. The first kappa shape index (κ1) is 32.1. The standard InChI is InChI=1S/C13H19IO4.C10H19NO.C3H8/c1-2-3-13(15)16-7-11-9-4-5-10(6-9)12(11)8-17-18-14;1-3-10(4-2)7-5-6-8-11-9-12;1-3-2/h4-5,9-12H,2-3,6-8H2,1H3;7,9H,3-6,8H2,1-2H3,(H,11,12);3H2,1-2H3. The average Bonchev–Trinajstić information content (AvgIpc) is 3.42. The molecule has 192 valence electrons. The van der Waals surface area contributed by atoms with Crippen LogP contribution >= 0.6 is 23.0 Å². The van der Waals surface area contributed by atoms with E-state index in [4.69, 9.17) is 9.62 Å². The summed E-state index contributed by atoms with van der Waals surface area (Å²) in [4.78, 5) is 26.4. The SMILES string of the molecule is CCC.CCC(=CCCCNC=O)CC.CCCC(=O)OCC1C2C=CC(C2)C1COOI. The molecule has 0 aromatic heterocycles. The minimum Gasteiger partial charge on any atom is -0.465 e. The zero-order valence-corrected chi connectivity index (χ0v) is 23.5. The lowest BCUT2D eigenvalue weighted by molar-refractivity contribution is -0.185. The fourth-order valence-electron chi connectivity index (χ4n) is 4.20. The molecule has 0 aliphatic heterocycles. The molecule has 33 heavy (non-hydrogen) atoms. The second-order valence-electron chi connectivity index (χ2n) is 8.55. The molecule has 2 rings (SSSR count). The molecule has 0 aromatic carbocycles. The molecule has 0 heterocycles. The minimum absolute atomic E-state index is 0.0888. The van der Waals surface area contributed by atoms with Gasteiger partial charge >= 0.3 is 5.97 Å². The van der Waals surface area contributed by atoms with Gasteiger partial charge in [0.05, 0.1) is 13.2 Å². The van der Waals surface area contributed by atoms with Gasteiger partial charge in [0.15, 0.2) is 23.0 Å². The first-order valence-electron chi connectivity index (χ1n) is 12.6. The molecule has 2 bridgehead atoms. The maximum absolute atomic E-state index is 11.4. The molecular formula is C26H46INO5. The van der Waals surface area contributed by atoms with Gasteiger partial charge in [0.1, 0.15) is 0 Å². The van der Waals surface area contributed by atoms with Crippen LogP contribution in [0, 0.1) is 23.7 Å². The van der Waals surface area contributed by atoms with Gasteiger partial charge in [0, 0.05) is 18.9 Å². The second-order valence-corrected chi connectivity index (χ2v) is 8.91. The van der Waals surface area contributed by atoms with Gasteiger partial charge < -0.3 is 10.1 Å². The van der Waals surface area contributed by atoms with Crippen LogP contribution in [0.5, 0.6) is 0 Å². The van der Waals surface area contributed by atoms with Crippen LogP contribution in [-0.4, -0.2) is 32.1 Å². The monoisotopic (exact) mass is 579 g/mol. The Hall–Kier alpha value is -0.930. The van der Waals surface area contributed by atoms with Crippen molar-refractivity contribution in [2.75, 3.05) is 19.8 Å². The van der Waals surface area contributed by atoms with Gasteiger partial charge in [0.2, 0.25) is 6.41 Å². The van der Waals surface area contributed by atoms with Crippen molar-refractivity contribution >= 4 is 35.4 Å². The Morgan fingerprint density at radius 1 is 1.06 bits per heavy atom. The summed E-state index contributed by atoms with van der Waals surface area (Å²) in [6.07, 6.45) is 15.7. The van der Waals surface area contributed by atoms with Gasteiger partial charge in [-0.15, -0.1) is 0 Å². The summed E-state index contributed by atoms with van der Waals surface area (Å²) in [5, 5.41) is 2.65. The molecule has 6 nitrogen and oxygen atoms in total. The molecule has 1 N–H and O–H groups in total. The summed E-state index contributed by atoms with van der Waals surface area (Å²) in [7, 11) is 0. The lowest BCUT2D eigenvalue weighted by atomic mass is 9.84. The molecule has 0 saturated heterocycles. The van der Waals surface area contributed by atoms with Gasteiger partial charge in [-0.2, -0.15) is 3.22 Å². The highest BCUT2D eigenvalue weighted by atomic mass is 127. The number of hydrogen-bond donors (Lipinski definition) is 1. The predicted molar refractivity (Wildman–Crippen MR) is 143 cm³/mol. The largest absolute Gasteiger partial charge is 0.465 e. The summed E-state index contributed by atoms with van der Waals surface area (Å²) in [5.41, 5.74) is 1.51. The van der Waals surface area contributed by atoms with Gasteiger partial charge in [-0.25, -0.2) is 4.89 Å². The van der Waals surface area contributed by atoms with Crippen LogP contribution in [0.1, 0.15) is 86.0 Å². The van der Waals surface area contributed by atoms with Gasteiger partial charge in [-0.05, 0) is 56.3 Å². The Balaban J connectivity index is 0.000000594. The number of esters is 1. The normalized spacial score (nSPS) is 21.9. The van der Waals surface area contributed by atoms with E-state index in [9.17, 15) is 9.59 Å². The summed E-state index contributed by atoms with van der Waals surface area (Å²) < 4.78 is 10.0. The second kappa shape index (κ2) is 21.6. The van der Waals surface area contributed by atoms with E-state index in [2.05, 4.69) is 54.5 Å². The van der Waals surface area contributed by atoms with Gasteiger partial charge in [-0.1, -0.05) is 64.8 Å². The third kappa shape index (κ3) is 14.2. The molecule has 1 amide bonds. The van der Waals surface area contributed by atoms with Crippen molar-refractivity contribution in [3.05, 3.63) is 23.8 Å². The molecular weight excluding hydrogens is 533 g/mol. The predicted octanol–water partition coefficient (Wildman–Crippen LogP) is 6.74. The van der Waals surface area contributed by atoms with Crippen LogP contribution in [0.4, 0.5) is 0 Å². The number of hydrogen-bond acceptors (Lipinski definition) is 5. The summed E-state index contributed by atoms with van der Waals surface area (Å²) in [6.45, 7) is 12.5. The number of fused-ring (bicyclic) bond motifs is 2. The minimum atomic E-state index is -0.0888. The van der Waals surface area contributed by atoms with Crippen molar-refractivity contribution in [1.29, 1.82) is 0 Å². The van der Waals surface area contributed by atoms with Crippen molar-refractivity contribution in [3.8, 4) is 0 Å². The summed E-state index contributed by atoms with van der Waals surface area (Å²) in [5.74, 6) is 1.79. The molecule has 0 aromatic rings. The smallest absolute Gasteiger partial charge is 0.305 e. The molecule has 7 heteroatoms. The average molecular weight is 580 g/mol. The quantitative estimate of drug-likeness (QED) is 0.0469. The zero-order chi connectivity index (χ0) is 24.9. The van der Waals surface area contributed by atoms with E-state index in [0.29, 0.717) is 43.3 Å². The first-order valence-corrected chi connectivity index (χ1v) is 13.5. The van der Waals surface area contributed by atoms with Crippen LogP contribution in [0.15, 0.2) is 23.8 Å². The van der Waals surface area contributed by atoms with Crippen LogP contribution in [0.25, 0.3) is 0 Å². The zero-order valence-electron chi connectivity index (χ0n) is 21.3. The maximum atomic E-state index is 11.4. The molecule has 0 spiro atoms. The van der Waals surface area contributed by atoms with E-state index in [-0.39, 0.29) is 5.97 Å². The summed E-state index contributed by atoms with van der Waals surface area (Å²) in [6, 6.07) is 0. The third-order valence-corrected chi connectivity index (χ3v) is 6.20. The van der Waals surface area contributed by atoms with Crippen molar-refractivity contribution in [1.82, 2.24) is 5.32 Å². The molecule has 0 radical (unpaired) electrons. The van der Waals surface area contributed by atoms with E-state index < -0.39 is 0 Å². The lowest BCUT2D eigenvalue weighted by Crippen LogP contribution is -2.28. The number of nitrogens with one attached hydrogen (secondary N) is 1. The number of carbonyl (C=O) groups is 2. The van der Waals surface area contributed by atoms with Crippen molar-refractivity contribution < 1.29 is 22.4 Å². The molecule has 2 aliphatic carbocycles. The molecule has 4 atom stereocenters. The lowest BCUT2D eigenvalue weighted by Gasteiger charge is -2.26. The van der Waals surface area contributed by atoms with E-state index in [1.807, 2.05) is 6.92 Å². The number of amides is 1. The number of rotatable bonds is 14. The topological polar surface area (TPSA) is 73.9 Å².